The number of benzene rings is 1. The van der Waals surface area contributed by atoms with E-state index in [9.17, 15) is 14.0 Å². The van der Waals surface area contributed by atoms with E-state index in [4.69, 9.17) is 0 Å². The molecule has 1 aliphatic rings. The Labute approximate surface area is 142 Å². The molecule has 1 aromatic carbocycles. The SMILES string of the molecule is CNCC(=O)N1CCCN(C(=O)Cc2cccc(F)c2)CC1.Cl. The molecular weight excluding hydrogens is 321 g/mol. The highest BCUT2D eigenvalue weighted by atomic mass is 35.5. The Hall–Kier alpha value is -1.66. The van der Waals surface area contributed by atoms with Gasteiger partial charge in [-0.1, -0.05) is 12.1 Å². The summed E-state index contributed by atoms with van der Waals surface area (Å²) in [5.41, 5.74) is 0.678. The fourth-order valence-electron chi connectivity index (χ4n) is 2.61. The fourth-order valence-corrected chi connectivity index (χ4v) is 2.61. The largest absolute Gasteiger partial charge is 0.341 e. The Morgan fingerprint density at radius 3 is 2.39 bits per heavy atom. The third-order valence-electron chi connectivity index (χ3n) is 3.77. The highest BCUT2D eigenvalue weighted by Gasteiger charge is 2.21. The molecular formula is C16H23ClFN3O2. The van der Waals surface area contributed by atoms with Crippen LogP contribution in [-0.4, -0.2) is 61.4 Å². The molecule has 7 heteroatoms. The number of halogens is 2. The third-order valence-corrected chi connectivity index (χ3v) is 3.77. The van der Waals surface area contributed by atoms with Crippen molar-refractivity contribution >= 4 is 24.2 Å². The maximum Gasteiger partial charge on any atom is 0.236 e. The Bertz CT molecular complexity index is 542. The number of nitrogens with zero attached hydrogens (tertiary/aromatic N) is 2. The van der Waals surface area contributed by atoms with Gasteiger partial charge in [-0.3, -0.25) is 9.59 Å². The molecule has 1 fully saturated rings. The van der Waals surface area contributed by atoms with E-state index in [0.29, 0.717) is 38.3 Å². The highest BCUT2D eigenvalue weighted by Crippen LogP contribution is 2.09. The molecule has 0 aromatic heterocycles. The molecule has 1 N–H and O–H groups in total. The lowest BCUT2D eigenvalue weighted by atomic mass is 10.1. The third kappa shape index (κ3) is 5.80. The summed E-state index contributed by atoms with van der Waals surface area (Å²) in [5.74, 6) is -0.291. The summed E-state index contributed by atoms with van der Waals surface area (Å²) in [7, 11) is 1.74. The summed E-state index contributed by atoms with van der Waals surface area (Å²) in [6.45, 7) is 2.71. The normalized spacial score (nSPS) is 14.9. The molecule has 23 heavy (non-hydrogen) atoms. The summed E-state index contributed by atoms with van der Waals surface area (Å²) in [4.78, 5) is 27.7. The molecule has 0 unspecified atom stereocenters. The van der Waals surface area contributed by atoms with Crippen molar-refractivity contribution in [3.8, 4) is 0 Å². The molecule has 0 spiro atoms. The van der Waals surface area contributed by atoms with Gasteiger partial charge in [0, 0.05) is 26.2 Å². The van der Waals surface area contributed by atoms with Crippen LogP contribution in [-0.2, 0) is 16.0 Å². The summed E-state index contributed by atoms with van der Waals surface area (Å²) in [6.07, 6.45) is 0.965. The summed E-state index contributed by atoms with van der Waals surface area (Å²) in [5, 5.41) is 2.85. The summed E-state index contributed by atoms with van der Waals surface area (Å²) in [6, 6.07) is 6.11. The predicted octanol–water partition coefficient (Wildman–Crippen LogP) is 1.07. The van der Waals surface area contributed by atoms with Gasteiger partial charge in [-0.05, 0) is 31.2 Å². The Morgan fingerprint density at radius 1 is 1.13 bits per heavy atom. The van der Waals surface area contributed by atoms with Crippen molar-refractivity contribution in [2.45, 2.75) is 12.8 Å². The van der Waals surface area contributed by atoms with Crippen molar-refractivity contribution in [1.82, 2.24) is 15.1 Å². The molecule has 0 bridgehead atoms. The van der Waals surface area contributed by atoms with Crippen molar-refractivity contribution in [2.24, 2.45) is 0 Å². The van der Waals surface area contributed by atoms with Gasteiger partial charge in [0.2, 0.25) is 11.8 Å². The van der Waals surface area contributed by atoms with E-state index in [2.05, 4.69) is 5.32 Å². The van der Waals surface area contributed by atoms with Gasteiger partial charge in [-0.25, -0.2) is 4.39 Å². The minimum Gasteiger partial charge on any atom is -0.341 e. The molecule has 0 aliphatic carbocycles. The van der Waals surface area contributed by atoms with Crippen LogP contribution in [0.3, 0.4) is 0 Å². The maximum atomic E-state index is 13.2. The first-order valence-electron chi connectivity index (χ1n) is 7.54. The van der Waals surface area contributed by atoms with E-state index < -0.39 is 0 Å². The van der Waals surface area contributed by atoms with Crippen molar-refractivity contribution in [3.63, 3.8) is 0 Å². The van der Waals surface area contributed by atoms with Crippen LogP contribution in [0.5, 0.6) is 0 Å². The second kappa shape index (κ2) is 9.47. The first-order chi connectivity index (χ1) is 10.6. The molecule has 5 nitrogen and oxygen atoms in total. The van der Waals surface area contributed by atoms with E-state index in [-0.39, 0.29) is 36.5 Å². The molecule has 2 rings (SSSR count). The number of hydrogen-bond acceptors (Lipinski definition) is 3. The minimum atomic E-state index is -0.329. The van der Waals surface area contributed by atoms with Crippen molar-refractivity contribution in [2.75, 3.05) is 39.8 Å². The standard InChI is InChI=1S/C16H22FN3O2.ClH/c1-18-12-16(22)20-7-3-6-19(8-9-20)15(21)11-13-4-2-5-14(17)10-13;/h2,4-5,10,18H,3,6-9,11-12H2,1H3;1H. The zero-order chi connectivity index (χ0) is 15.9. The van der Waals surface area contributed by atoms with Crippen molar-refractivity contribution < 1.29 is 14.0 Å². The highest BCUT2D eigenvalue weighted by molar-refractivity contribution is 5.85. The van der Waals surface area contributed by atoms with Crippen LogP contribution in [0.2, 0.25) is 0 Å². The van der Waals surface area contributed by atoms with Gasteiger partial charge in [-0.2, -0.15) is 0 Å². The lowest BCUT2D eigenvalue weighted by Gasteiger charge is -2.22. The number of carbonyl (C=O) groups is 2. The molecule has 0 saturated carbocycles. The smallest absolute Gasteiger partial charge is 0.236 e. The van der Waals surface area contributed by atoms with E-state index in [0.717, 1.165) is 6.42 Å². The van der Waals surface area contributed by atoms with Gasteiger partial charge in [-0.15, -0.1) is 12.4 Å². The number of nitrogens with one attached hydrogen (secondary N) is 1. The van der Waals surface area contributed by atoms with Gasteiger partial charge in [0.1, 0.15) is 5.82 Å². The minimum absolute atomic E-state index is 0. The van der Waals surface area contributed by atoms with Crippen molar-refractivity contribution in [1.29, 1.82) is 0 Å². The van der Waals surface area contributed by atoms with E-state index in [1.165, 1.54) is 12.1 Å². The van der Waals surface area contributed by atoms with Crippen LogP contribution < -0.4 is 5.32 Å². The van der Waals surface area contributed by atoms with Crippen LogP contribution in [0.4, 0.5) is 4.39 Å². The Morgan fingerprint density at radius 2 is 1.78 bits per heavy atom. The second-order valence-electron chi connectivity index (χ2n) is 5.45. The zero-order valence-electron chi connectivity index (χ0n) is 13.3. The fraction of sp³-hybridized carbons (Fsp3) is 0.500. The van der Waals surface area contributed by atoms with Crippen molar-refractivity contribution in [3.05, 3.63) is 35.6 Å². The number of carbonyl (C=O) groups excluding carboxylic acids is 2. The van der Waals surface area contributed by atoms with Crippen LogP contribution >= 0.6 is 12.4 Å². The lowest BCUT2D eigenvalue weighted by Crippen LogP contribution is -2.40. The monoisotopic (exact) mass is 343 g/mol. The molecule has 1 aromatic rings. The number of amides is 2. The van der Waals surface area contributed by atoms with Crippen LogP contribution in [0.25, 0.3) is 0 Å². The van der Waals surface area contributed by atoms with Gasteiger partial charge in [0.25, 0.3) is 0 Å². The molecule has 2 amide bonds. The molecule has 1 heterocycles. The second-order valence-corrected chi connectivity index (χ2v) is 5.45. The zero-order valence-corrected chi connectivity index (χ0v) is 14.1. The average molecular weight is 344 g/mol. The van der Waals surface area contributed by atoms with Crippen LogP contribution in [0.15, 0.2) is 24.3 Å². The topological polar surface area (TPSA) is 52.7 Å². The summed E-state index contributed by atoms with van der Waals surface area (Å²) < 4.78 is 13.2. The molecule has 0 atom stereocenters. The van der Waals surface area contributed by atoms with E-state index in [1.54, 1.807) is 29.0 Å². The predicted molar refractivity (Wildman–Crippen MR) is 89.1 cm³/mol. The maximum absolute atomic E-state index is 13.2. The van der Waals surface area contributed by atoms with Gasteiger partial charge in [0.15, 0.2) is 0 Å². The van der Waals surface area contributed by atoms with Crippen LogP contribution in [0, 0.1) is 5.82 Å². The van der Waals surface area contributed by atoms with Crippen LogP contribution in [0.1, 0.15) is 12.0 Å². The molecule has 128 valence electrons. The quantitative estimate of drug-likeness (QED) is 0.889. The lowest BCUT2D eigenvalue weighted by molar-refractivity contribution is -0.132. The van der Waals surface area contributed by atoms with E-state index in [1.807, 2.05) is 0 Å². The van der Waals surface area contributed by atoms with E-state index >= 15 is 0 Å². The van der Waals surface area contributed by atoms with Gasteiger partial charge >= 0.3 is 0 Å². The number of rotatable bonds is 4. The number of likely N-dealkylation sites (N-methyl/N-ethyl adjacent to an activating group) is 1. The first-order valence-corrected chi connectivity index (χ1v) is 7.54. The average Bonchev–Trinajstić information content (AvgIpc) is 2.73. The Balaban J connectivity index is 0.00000264. The molecule has 1 saturated heterocycles. The summed E-state index contributed by atoms with van der Waals surface area (Å²) >= 11 is 0. The first kappa shape index (κ1) is 19.4. The van der Waals surface area contributed by atoms with Gasteiger partial charge < -0.3 is 15.1 Å². The molecule has 0 radical (unpaired) electrons. The number of hydrogen-bond donors (Lipinski definition) is 1. The Kier molecular flexibility index (Phi) is 7.98. The molecule has 1 aliphatic heterocycles. The van der Waals surface area contributed by atoms with Gasteiger partial charge in [0.05, 0.1) is 13.0 Å².